The van der Waals surface area contributed by atoms with E-state index >= 15 is 0 Å². The van der Waals surface area contributed by atoms with Gasteiger partial charge in [-0.2, -0.15) is 8.78 Å². The molecule has 0 unspecified atom stereocenters. The van der Waals surface area contributed by atoms with Gasteiger partial charge in [-0.15, -0.1) is 0 Å². The van der Waals surface area contributed by atoms with Crippen LogP contribution in [-0.2, 0) is 9.84 Å². The number of benzene rings is 2. The second kappa shape index (κ2) is 5.68. The zero-order valence-electron chi connectivity index (χ0n) is 11.0. The number of nitro benzene ring substituents is 2. The molecule has 2 rings (SSSR count). The minimum Gasteiger partial charge on any atom is -0.258 e. The first-order valence-corrected chi connectivity index (χ1v) is 7.27. The molecule has 0 saturated carbocycles. The smallest absolute Gasteiger partial charge is 0.258 e. The van der Waals surface area contributed by atoms with E-state index in [4.69, 9.17) is 0 Å². The first-order chi connectivity index (χ1) is 10.7. The Kier molecular flexibility index (Phi) is 4.06. The van der Waals surface area contributed by atoms with E-state index in [1.807, 2.05) is 0 Å². The Labute approximate surface area is 127 Å². The highest BCUT2D eigenvalue weighted by molar-refractivity contribution is 7.91. The SMILES string of the molecule is O=[N+]([O-])c1c(F)cccc1S(=O)(=O)c1cccc(F)c1[N+](=O)[O-]. The number of halogens is 2. The molecule has 2 aromatic rings. The second-order valence-electron chi connectivity index (χ2n) is 4.19. The Morgan fingerprint density at radius 1 is 0.783 bits per heavy atom. The van der Waals surface area contributed by atoms with Crippen LogP contribution < -0.4 is 0 Å². The van der Waals surface area contributed by atoms with Crippen molar-refractivity contribution in [2.45, 2.75) is 9.79 Å². The number of hydrogen-bond acceptors (Lipinski definition) is 6. The summed E-state index contributed by atoms with van der Waals surface area (Å²) >= 11 is 0. The van der Waals surface area contributed by atoms with Crippen molar-refractivity contribution in [2.24, 2.45) is 0 Å². The lowest BCUT2D eigenvalue weighted by molar-refractivity contribution is -0.391. The monoisotopic (exact) mass is 344 g/mol. The van der Waals surface area contributed by atoms with E-state index in [0.29, 0.717) is 24.3 Å². The van der Waals surface area contributed by atoms with Gasteiger partial charge < -0.3 is 0 Å². The van der Waals surface area contributed by atoms with Crippen LogP contribution in [0.5, 0.6) is 0 Å². The molecule has 0 spiro atoms. The zero-order chi connectivity index (χ0) is 17.4. The van der Waals surface area contributed by atoms with Gasteiger partial charge in [-0.1, -0.05) is 12.1 Å². The number of hydrogen-bond donors (Lipinski definition) is 0. The highest BCUT2D eigenvalue weighted by Crippen LogP contribution is 2.36. The van der Waals surface area contributed by atoms with Crippen LogP contribution in [-0.4, -0.2) is 18.3 Å². The molecule has 0 atom stereocenters. The fourth-order valence-electron chi connectivity index (χ4n) is 1.90. The molecule has 0 amide bonds. The van der Waals surface area contributed by atoms with Crippen molar-refractivity contribution in [1.29, 1.82) is 0 Å². The molecule has 120 valence electrons. The summed E-state index contributed by atoms with van der Waals surface area (Å²) in [7, 11) is -4.90. The lowest BCUT2D eigenvalue weighted by atomic mass is 10.3. The lowest BCUT2D eigenvalue weighted by Crippen LogP contribution is -2.10. The highest BCUT2D eigenvalue weighted by Gasteiger charge is 2.36. The van der Waals surface area contributed by atoms with Crippen LogP contribution in [0.4, 0.5) is 20.2 Å². The molecule has 0 heterocycles. The maximum absolute atomic E-state index is 13.6. The fourth-order valence-corrected chi connectivity index (χ4v) is 3.50. The maximum Gasteiger partial charge on any atom is 0.323 e. The van der Waals surface area contributed by atoms with Crippen LogP contribution in [0.3, 0.4) is 0 Å². The number of rotatable bonds is 4. The van der Waals surface area contributed by atoms with E-state index in [0.717, 1.165) is 12.1 Å². The molecular weight excluding hydrogens is 338 g/mol. The van der Waals surface area contributed by atoms with Gasteiger partial charge in [0.2, 0.25) is 21.5 Å². The van der Waals surface area contributed by atoms with E-state index in [1.165, 1.54) is 0 Å². The quantitative estimate of drug-likeness (QED) is 0.621. The molecule has 0 aliphatic heterocycles. The number of nitro groups is 2. The Morgan fingerprint density at radius 2 is 1.13 bits per heavy atom. The summed E-state index contributed by atoms with van der Waals surface area (Å²) in [6.07, 6.45) is 0. The molecule has 0 fully saturated rings. The Bertz CT molecular complexity index is 860. The molecule has 0 N–H and O–H groups in total. The molecule has 11 heteroatoms. The Morgan fingerprint density at radius 3 is 1.43 bits per heavy atom. The molecule has 0 aromatic heterocycles. The molecule has 23 heavy (non-hydrogen) atoms. The molecule has 0 bridgehead atoms. The van der Waals surface area contributed by atoms with Gasteiger partial charge in [0.1, 0.15) is 0 Å². The van der Waals surface area contributed by atoms with Crippen LogP contribution in [0, 0.1) is 31.9 Å². The van der Waals surface area contributed by atoms with Crippen molar-refractivity contribution < 1.29 is 27.0 Å². The summed E-state index contributed by atoms with van der Waals surface area (Å²) in [5.41, 5.74) is -2.74. The van der Waals surface area contributed by atoms with E-state index < -0.39 is 52.5 Å². The normalized spacial score (nSPS) is 11.2. The van der Waals surface area contributed by atoms with Gasteiger partial charge in [-0.3, -0.25) is 20.2 Å². The van der Waals surface area contributed by atoms with Crippen molar-refractivity contribution >= 4 is 21.2 Å². The topological polar surface area (TPSA) is 120 Å². The predicted molar refractivity (Wildman–Crippen MR) is 71.6 cm³/mol. The number of sulfone groups is 1. The summed E-state index contributed by atoms with van der Waals surface area (Å²) in [6.45, 7) is 0. The Balaban J connectivity index is 2.86. The third-order valence-corrected chi connectivity index (χ3v) is 4.66. The third-order valence-electron chi connectivity index (χ3n) is 2.84. The van der Waals surface area contributed by atoms with E-state index in [-0.39, 0.29) is 0 Å². The van der Waals surface area contributed by atoms with Gasteiger partial charge in [0, 0.05) is 0 Å². The van der Waals surface area contributed by atoms with Crippen molar-refractivity contribution in [2.75, 3.05) is 0 Å². The zero-order valence-corrected chi connectivity index (χ0v) is 11.8. The van der Waals surface area contributed by atoms with Crippen molar-refractivity contribution in [3.63, 3.8) is 0 Å². The van der Waals surface area contributed by atoms with Crippen molar-refractivity contribution in [3.8, 4) is 0 Å². The molecule has 2 aromatic carbocycles. The first kappa shape index (κ1) is 16.4. The van der Waals surface area contributed by atoms with Gasteiger partial charge in [0.05, 0.1) is 9.85 Å². The second-order valence-corrected chi connectivity index (χ2v) is 6.08. The molecule has 8 nitrogen and oxygen atoms in total. The van der Waals surface area contributed by atoms with E-state index in [1.54, 1.807) is 0 Å². The maximum atomic E-state index is 13.6. The fraction of sp³-hybridized carbons (Fsp3) is 0. The van der Waals surface area contributed by atoms with E-state index in [2.05, 4.69) is 0 Å². The average Bonchev–Trinajstić information content (AvgIpc) is 2.45. The van der Waals surface area contributed by atoms with Crippen LogP contribution in [0.2, 0.25) is 0 Å². The van der Waals surface area contributed by atoms with Crippen LogP contribution >= 0.6 is 0 Å². The van der Waals surface area contributed by atoms with Crippen LogP contribution in [0.1, 0.15) is 0 Å². The van der Waals surface area contributed by atoms with Crippen molar-refractivity contribution in [1.82, 2.24) is 0 Å². The summed E-state index contributed by atoms with van der Waals surface area (Å²) in [5.74, 6) is -2.87. The molecule has 0 saturated heterocycles. The summed E-state index contributed by atoms with van der Waals surface area (Å²) < 4.78 is 52.0. The van der Waals surface area contributed by atoms with Gasteiger partial charge in [-0.05, 0) is 24.3 Å². The first-order valence-electron chi connectivity index (χ1n) is 5.79. The van der Waals surface area contributed by atoms with Gasteiger partial charge in [0.15, 0.2) is 9.79 Å². The van der Waals surface area contributed by atoms with Gasteiger partial charge >= 0.3 is 11.4 Å². The third kappa shape index (κ3) is 2.73. The standard InChI is InChI=1S/C12H6F2N2O6S/c13-7-3-1-5-9(11(7)15(17)18)23(21,22)10-6-2-4-8(14)12(10)16(19)20/h1-6H. The van der Waals surface area contributed by atoms with Gasteiger partial charge in [0.25, 0.3) is 0 Å². The van der Waals surface area contributed by atoms with Crippen LogP contribution in [0.15, 0.2) is 46.2 Å². The number of para-hydroxylation sites is 2. The van der Waals surface area contributed by atoms with E-state index in [9.17, 15) is 37.4 Å². The highest BCUT2D eigenvalue weighted by atomic mass is 32.2. The molecule has 0 aliphatic rings. The molecular formula is C12H6F2N2O6S. The minimum atomic E-state index is -4.90. The summed E-state index contributed by atoms with van der Waals surface area (Å²) in [5, 5.41) is 21.8. The van der Waals surface area contributed by atoms with Crippen LogP contribution in [0.25, 0.3) is 0 Å². The summed E-state index contributed by atoms with van der Waals surface area (Å²) in [4.78, 5) is 17.1. The number of nitrogens with zero attached hydrogens (tertiary/aromatic N) is 2. The lowest BCUT2D eigenvalue weighted by Gasteiger charge is -2.07. The average molecular weight is 344 g/mol. The predicted octanol–water partition coefficient (Wildman–Crippen LogP) is 2.61. The largest absolute Gasteiger partial charge is 0.323 e. The Hall–Kier alpha value is -2.95. The minimum absolute atomic E-state index is 0.664. The molecule has 0 aliphatic carbocycles. The van der Waals surface area contributed by atoms with Gasteiger partial charge in [-0.25, -0.2) is 8.42 Å². The molecule has 0 radical (unpaired) electrons. The summed E-state index contributed by atoms with van der Waals surface area (Å²) in [6, 6.07) is 4.53. The van der Waals surface area contributed by atoms with Crippen molar-refractivity contribution in [3.05, 3.63) is 68.3 Å².